The predicted molar refractivity (Wildman–Crippen MR) is 96.6 cm³/mol. The van der Waals surface area contributed by atoms with Crippen molar-refractivity contribution in [2.24, 2.45) is 5.92 Å². The highest BCUT2D eigenvalue weighted by Crippen LogP contribution is 2.21. The maximum absolute atomic E-state index is 12.8. The molecule has 26 heavy (non-hydrogen) atoms. The number of ether oxygens (including phenoxy) is 1. The first-order valence-corrected chi connectivity index (χ1v) is 9.04. The zero-order chi connectivity index (χ0) is 18.7. The van der Waals surface area contributed by atoms with Crippen LogP contribution in [0.25, 0.3) is 0 Å². The molecule has 2 aliphatic rings. The van der Waals surface area contributed by atoms with Crippen LogP contribution in [0.3, 0.4) is 0 Å². The Kier molecular flexibility index (Phi) is 5.78. The van der Waals surface area contributed by atoms with E-state index in [9.17, 15) is 14.7 Å². The number of hydrogen-bond acceptors (Lipinski definition) is 5. The zero-order valence-electron chi connectivity index (χ0n) is 15.4. The van der Waals surface area contributed by atoms with Gasteiger partial charge in [0.05, 0.1) is 25.7 Å². The lowest BCUT2D eigenvalue weighted by molar-refractivity contribution is -0.152. The predicted octanol–water partition coefficient (Wildman–Crippen LogP) is 0.179. The number of likely N-dealkylation sites (tertiary alicyclic amines) is 1. The van der Waals surface area contributed by atoms with Gasteiger partial charge in [-0.3, -0.25) is 9.59 Å². The molecule has 0 saturated carbocycles. The van der Waals surface area contributed by atoms with Crippen LogP contribution in [0.15, 0.2) is 24.3 Å². The first-order valence-electron chi connectivity index (χ1n) is 9.04. The summed E-state index contributed by atoms with van der Waals surface area (Å²) in [7, 11) is 3.56. The summed E-state index contributed by atoms with van der Waals surface area (Å²) in [6.07, 6.45) is -0.0277. The molecule has 1 N–H and O–H groups in total. The van der Waals surface area contributed by atoms with Crippen LogP contribution < -0.4 is 4.74 Å². The third kappa shape index (κ3) is 4.16. The highest BCUT2D eigenvalue weighted by atomic mass is 16.5. The van der Waals surface area contributed by atoms with E-state index in [4.69, 9.17) is 4.74 Å². The van der Waals surface area contributed by atoms with E-state index >= 15 is 0 Å². The Morgan fingerprint density at radius 1 is 1.31 bits per heavy atom. The number of nitrogens with zero attached hydrogens (tertiary/aromatic N) is 3. The van der Waals surface area contributed by atoms with Gasteiger partial charge in [-0.2, -0.15) is 0 Å². The van der Waals surface area contributed by atoms with Gasteiger partial charge in [0.2, 0.25) is 11.8 Å². The quantitative estimate of drug-likeness (QED) is 0.828. The molecular weight excluding hydrogens is 334 g/mol. The van der Waals surface area contributed by atoms with Crippen molar-refractivity contribution in [3.8, 4) is 5.75 Å². The highest BCUT2D eigenvalue weighted by molar-refractivity contribution is 5.87. The van der Waals surface area contributed by atoms with Crippen molar-refractivity contribution in [3.63, 3.8) is 0 Å². The third-order valence-electron chi connectivity index (χ3n) is 5.23. The summed E-state index contributed by atoms with van der Waals surface area (Å²) in [4.78, 5) is 30.7. The number of rotatable bonds is 4. The Morgan fingerprint density at radius 2 is 2.12 bits per heavy atom. The monoisotopic (exact) mass is 361 g/mol. The van der Waals surface area contributed by atoms with E-state index < -0.39 is 12.0 Å². The number of methoxy groups -OCH3 is 1. The minimum atomic E-state index is -0.622. The largest absolute Gasteiger partial charge is 0.497 e. The van der Waals surface area contributed by atoms with E-state index in [1.807, 2.05) is 31.3 Å². The number of amides is 2. The molecular formula is C19H27N3O4. The number of piperidine rings is 1. The number of aliphatic hydroxyl groups excluding tert-OH is 1. The van der Waals surface area contributed by atoms with E-state index in [0.29, 0.717) is 32.6 Å². The molecule has 2 fully saturated rings. The second kappa shape index (κ2) is 8.05. The minimum Gasteiger partial charge on any atom is -0.497 e. The second-order valence-corrected chi connectivity index (χ2v) is 7.15. The number of piperazine rings is 1. The van der Waals surface area contributed by atoms with Gasteiger partial charge in [0.25, 0.3) is 0 Å². The van der Waals surface area contributed by atoms with Crippen LogP contribution in [-0.2, 0) is 16.1 Å². The Labute approximate surface area is 154 Å². The molecule has 2 atom stereocenters. The second-order valence-electron chi connectivity index (χ2n) is 7.15. The number of aliphatic hydroxyl groups is 1. The first kappa shape index (κ1) is 18.7. The molecule has 2 aliphatic heterocycles. The summed E-state index contributed by atoms with van der Waals surface area (Å²) in [5, 5.41) is 10.2. The topological polar surface area (TPSA) is 73.3 Å². The lowest BCUT2D eigenvalue weighted by Crippen LogP contribution is -2.56. The van der Waals surface area contributed by atoms with E-state index in [1.165, 1.54) is 0 Å². The average molecular weight is 361 g/mol. The molecule has 7 nitrogen and oxygen atoms in total. The fourth-order valence-corrected chi connectivity index (χ4v) is 3.63. The third-order valence-corrected chi connectivity index (χ3v) is 5.23. The van der Waals surface area contributed by atoms with E-state index in [-0.39, 0.29) is 18.4 Å². The lowest BCUT2D eigenvalue weighted by atomic mass is 9.93. The molecule has 0 aliphatic carbocycles. The SMILES string of the molecule is COc1cccc(CN2CCN(C(=O)[C@@H]3CN(C)CC[C@@H]3O)CC2=O)c1. The van der Waals surface area contributed by atoms with Crippen LogP contribution in [0.5, 0.6) is 5.75 Å². The average Bonchev–Trinajstić information content (AvgIpc) is 2.65. The lowest BCUT2D eigenvalue weighted by Gasteiger charge is -2.39. The Hall–Kier alpha value is -2.12. The van der Waals surface area contributed by atoms with Gasteiger partial charge < -0.3 is 24.5 Å². The summed E-state index contributed by atoms with van der Waals surface area (Å²) in [6, 6.07) is 7.65. The van der Waals surface area contributed by atoms with Crippen LogP contribution in [0.4, 0.5) is 0 Å². The minimum absolute atomic E-state index is 0.0638. The molecule has 0 aromatic heterocycles. The number of benzene rings is 1. The van der Waals surface area contributed by atoms with Gasteiger partial charge in [0, 0.05) is 32.7 Å². The van der Waals surface area contributed by atoms with Crippen molar-refractivity contribution in [1.82, 2.24) is 14.7 Å². The summed E-state index contributed by atoms with van der Waals surface area (Å²) in [5.41, 5.74) is 1.00. The van der Waals surface area contributed by atoms with Crippen LogP contribution >= 0.6 is 0 Å². The molecule has 1 aromatic rings. The molecule has 0 unspecified atom stereocenters. The smallest absolute Gasteiger partial charge is 0.242 e. The van der Waals surface area contributed by atoms with Gasteiger partial charge in [0.15, 0.2) is 0 Å². The first-order chi connectivity index (χ1) is 12.5. The molecule has 2 saturated heterocycles. The summed E-state index contributed by atoms with van der Waals surface area (Å²) in [6.45, 7) is 2.92. The van der Waals surface area contributed by atoms with Crippen molar-refractivity contribution >= 4 is 11.8 Å². The highest BCUT2D eigenvalue weighted by Gasteiger charge is 2.37. The fraction of sp³-hybridized carbons (Fsp3) is 0.579. The van der Waals surface area contributed by atoms with Crippen molar-refractivity contribution in [2.75, 3.05) is 46.9 Å². The fourth-order valence-electron chi connectivity index (χ4n) is 3.63. The van der Waals surface area contributed by atoms with Crippen molar-refractivity contribution in [1.29, 1.82) is 0 Å². The molecule has 0 radical (unpaired) electrons. The summed E-state index contributed by atoms with van der Waals surface area (Å²) < 4.78 is 5.22. The molecule has 2 heterocycles. The maximum Gasteiger partial charge on any atom is 0.242 e. The maximum atomic E-state index is 12.8. The zero-order valence-corrected chi connectivity index (χ0v) is 15.4. The number of hydrogen-bond donors (Lipinski definition) is 1. The summed E-state index contributed by atoms with van der Waals surface area (Å²) in [5.74, 6) is 0.148. The molecule has 142 valence electrons. The van der Waals surface area contributed by atoms with Crippen LogP contribution in [0.1, 0.15) is 12.0 Å². The standard InChI is InChI=1S/C19H27N3O4/c1-20-7-6-17(23)16(12-20)19(25)22-9-8-21(18(24)13-22)11-14-4-3-5-15(10-14)26-2/h3-5,10,16-17,23H,6-9,11-13H2,1-2H3/t16-,17+/m1/s1. The molecule has 3 rings (SSSR count). The van der Waals surface area contributed by atoms with E-state index in [1.54, 1.807) is 16.9 Å². The molecule has 1 aromatic carbocycles. The molecule has 2 amide bonds. The number of carbonyl (C=O) groups is 2. The van der Waals surface area contributed by atoms with Gasteiger partial charge in [-0.05, 0) is 31.2 Å². The molecule has 0 spiro atoms. The number of carbonyl (C=O) groups excluding carboxylic acids is 2. The normalized spacial score (nSPS) is 24.7. The Bertz CT molecular complexity index is 666. The van der Waals surface area contributed by atoms with E-state index in [0.717, 1.165) is 17.9 Å². The van der Waals surface area contributed by atoms with E-state index in [2.05, 4.69) is 4.90 Å². The molecule has 7 heteroatoms. The van der Waals surface area contributed by atoms with Crippen LogP contribution in [0, 0.1) is 5.92 Å². The van der Waals surface area contributed by atoms with Crippen molar-refractivity contribution in [3.05, 3.63) is 29.8 Å². The van der Waals surface area contributed by atoms with Gasteiger partial charge in [-0.25, -0.2) is 0 Å². The molecule has 0 bridgehead atoms. The van der Waals surface area contributed by atoms with Gasteiger partial charge >= 0.3 is 0 Å². The summed E-state index contributed by atoms with van der Waals surface area (Å²) >= 11 is 0. The van der Waals surface area contributed by atoms with Gasteiger partial charge in [-0.15, -0.1) is 0 Å². The van der Waals surface area contributed by atoms with Crippen LogP contribution in [-0.4, -0.2) is 84.6 Å². The van der Waals surface area contributed by atoms with Crippen molar-refractivity contribution in [2.45, 2.75) is 19.1 Å². The Morgan fingerprint density at radius 3 is 2.85 bits per heavy atom. The van der Waals surface area contributed by atoms with Gasteiger partial charge in [-0.1, -0.05) is 12.1 Å². The van der Waals surface area contributed by atoms with Crippen molar-refractivity contribution < 1.29 is 19.4 Å². The van der Waals surface area contributed by atoms with Gasteiger partial charge in [0.1, 0.15) is 5.75 Å². The Balaban J connectivity index is 1.59. The van der Waals surface area contributed by atoms with Crippen LogP contribution in [0.2, 0.25) is 0 Å².